The first kappa shape index (κ1) is 11.4. The van der Waals surface area contributed by atoms with Gasteiger partial charge in [-0.25, -0.2) is 0 Å². The summed E-state index contributed by atoms with van der Waals surface area (Å²) in [6, 6.07) is 0. The van der Waals surface area contributed by atoms with Crippen molar-refractivity contribution in [2.24, 2.45) is 0 Å². The second-order valence-corrected chi connectivity index (χ2v) is 3.21. The molecule has 0 aromatic heterocycles. The Hall–Kier alpha value is -0.690. The maximum absolute atomic E-state index is 10.6. The average molecular weight is 206 g/mol. The first-order valence-electron chi connectivity index (χ1n) is 4.34. The predicted molar refractivity (Wildman–Crippen MR) is 44.1 cm³/mol. The number of ether oxygens (including phenoxy) is 2. The van der Waals surface area contributed by atoms with Crippen molar-refractivity contribution in [2.75, 3.05) is 6.61 Å². The second-order valence-electron chi connectivity index (χ2n) is 3.21. The van der Waals surface area contributed by atoms with E-state index >= 15 is 0 Å². The third kappa shape index (κ3) is 2.65. The molecule has 0 amide bonds. The van der Waals surface area contributed by atoms with Gasteiger partial charge in [-0.2, -0.15) is 0 Å². The normalized spacial score (nSPS) is 38.0. The van der Waals surface area contributed by atoms with Crippen molar-refractivity contribution in [2.45, 2.75) is 37.9 Å². The molecule has 0 saturated carbocycles. The fourth-order valence-electron chi connectivity index (χ4n) is 1.29. The van der Waals surface area contributed by atoms with Crippen LogP contribution in [0.1, 0.15) is 13.3 Å². The molecule has 0 radical (unpaired) electrons. The van der Waals surface area contributed by atoms with E-state index in [1.54, 1.807) is 0 Å². The molecule has 1 fully saturated rings. The molecule has 4 atom stereocenters. The molecule has 1 aliphatic heterocycles. The molecule has 0 aromatic rings. The molecule has 3 N–H and O–H groups in total. The van der Waals surface area contributed by atoms with Gasteiger partial charge in [0.25, 0.3) is 0 Å². The zero-order valence-corrected chi connectivity index (χ0v) is 7.79. The molecular weight excluding hydrogens is 192 g/mol. The van der Waals surface area contributed by atoms with E-state index in [1.807, 2.05) is 0 Å². The fourth-order valence-corrected chi connectivity index (χ4v) is 1.29. The number of hydrogen-bond donors (Lipinski definition) is 3. The molecule has 0 aromatic carbocycles. The molecule has 0 spiro atoms. The van der Waals surface area contributed by atoms with Crippen LogP contribution in [-0.2, 0) is 14.3 Å². The Kier molecular flexibility index (Phi) is 3.82. The summed E-state index contributed by atoms with van der Waals surface area (Å²) < 4.78 is 9.65. The van der Waals surface area contributed by atoms with Crippen LogP contribution in [0, 0.1) is 0 Å². The molecule has 1 rings (SSSR count). The van der Waals surface area contributed by atoms with Crippen molar-refractivity contribution in [1.29, 1.82) is 0 Å². The molecule has 82 valence electrons. The minimum absolute atomic E-state index is 0.120. The van der Waals surface area contributed by atoms with Gasteiger partial charge in [0.2, 0.25) is 6.29 Å². The zero-order valence-electron chi connectivity index (χ0n) is 7.79. The molecule has 0 bridgehead atoms. The van der Waals surface area contributed by atoms with Crippen LogP contribution in [0.2, 0.25) is 0 Å². The number of esters is 1. The van der Waals surface area contributed by atoms with Crippen LogP contribution in [0.15, 0.2) is 0 Å². The Balaban J connectivity index is 2.57. The minimum atomic E-state index is -1.26. The van der Waals surface area contributed by atoms with Crippen molar-refractivity contribution in [1.82, 2.24) is 0 Å². The Morgan fingerprint density at radius 1 is 1.57 bits per heavy atom. The molecule has 1 aliphatic rings. The third-order valence-corrected chi connectivity index (χ3v) is 1.99. The van der Waals surface area contributed by atoms with Gasteiger partial charge in [-0.1, -0.05) is 0 Å². The molecule has 1 saturated heterocycles. The van der Waals surface area contributed by atoms with Crippen LogP contribution in [0.4, 0.5) is 0 Å². The lowest BCUT2D eigenvalue weighted by Crippen LogP contribution is -2.50. The van der Waals surface area contributed by atoms with E-state index in [2.05, 4.69) is 4.74 Å². The third-order valence-electron chi connectivity index (χ3n) is 1.99. The maximum Gasteiger partial charge on any atom is 0.305 e. The van der Waals surface area contributed by atoms with Gasteiger partial charge < -0.3 is 24.8 Å². The maximum atomic E-state index is 10.6. The summed E-state index contributed by atoms with van der Waals surface area (Å²) in [6.07, 6.45) is -4.01. The lowest BCUT2D eigenvalue weighted by Gasteiger charge is -2.35. The largest absolute Gasteiger partial charge is 0.433 e. The lowest BCUT2D eigenvalue weighted by atomic mass is 10.0. The van der Waals surface area contributed by atoms with Crippen LogP contribution in [0.3, 0.4) is 0 Å². The molecule has 0 aliphatic carbocycles. The number of aliphatic hydroxyl groups excluding tert-OH is 3. The highest BCUT2D eigenvalue weighted by atomic mass is 16.7. The monoisotopic (exact) mass is 206 g/mol. The first-order valence-corrected chi connectivity index (χ1v) is 4.34. The molecule has 0 unspecified atom stereocenters. The molecule has 6 heteroatoms. The van der Waals surface area contributed by atoms with Gasteiger partial charge in [0.15, 0.2) is 0 Å². The van der Waals surface area contributed by atoms with E-state index < -0.39 is 30.6 Å². The highest BCUT2D eigenvalue weighted by Crippen LogP contribution is 2.20. The molecule has 1 heterocycles. The van der Waals surface area contributed by atoms with Crippen LogP contribution in [0.25, 0.3) is 0 Å². The SMILES string of the molecule is CC(=O)O[C@H]1O[C@H](CO)C[C@H](O)[C@H]1O. The van der Waals surface area contributed by atoms with Crippen LogP contribution in [-0.4, -0.2) is 52.5 Å². The summed E-state index contributed by atoms with van der Waals surface area (Å²) in [7, 11) is 0. The van der Waals surface area contributed by atoms with Gasteiger partial charge in [0.1, 0.15) is 6.10 Å². The van der Waals surface area contributed by atoms with E-state index in [0.717, 1.165) is 0 Å². The lowest BCUT2D eigenvalue weighted by molar-refractivity contribution is -0.262. The van der Waals surface area contributed by atoms with E-state index in [0.29, 0.717) is 0 Å². The minimum Gasteiger partial charge on any atom is -0.433 e. The van der Waals surface area contributed by atoms with Gasteiger partial charge in [0.05, 0.1) is 18.8 Å². The predicted octanol–water partition coefficient (Wildman–Crippen LogP) is -1.62. The summed E-state index contributed by atoms with van der Waals surface area (Å²) in [6.45, 7) is 0.882. The van der Waals surface area contributed by atoms with Gasteiger partial charge >= 0.3 is 5.97 Å². The molecule has 14 heavy (non-hydrogen) atoms. The Morgan fingerprint density at radius 2 is 2.21 bits per heavy atom. The van der Waals surface area contributed by atoms with Gasteiger partial charge in [-0.3, -0.25) is 4.79 Å². The number of aliphatic hydroxyl groups is 3. The summed E-state index contributed by atoms with van der Waals surface area (Å²) in [4.78, 5) is 10.6. The van der Waals surface area contributed by atoms with E-state index in [-0.39, 0.29) is 13.0 Å². The zero-order chi connectivity index (χ0) is 10.7. The Bertz CT molecular complexity index is 206. The number of rotatable bonds is 2. The first-order chi connectivity index (χ1) is 6.54. The van der Waals surface area contributed by atoms with Crippen molar-refractivity contribution in [3.8, 4) is 0 Å². The summed E-state index contributed by atoms with van der Waals surface area (Å²) in [5.74, 6) is -0.611. The van der Waals surface area contributed by atoms with Crippen LogP contribution >= 0.6 is 0 Å². The summed E-state index contributed by atoms with van der Waals surface area (Å²) in [5, 5.41) is 27.5. The van der Waals surface area contributed by atoms with Gasteiger partial charge in [-0.05, 0) is 0 Å². The van der Waals surface area contributed by atoms with E-state index in [9.17, 15) is 15.0 Å². The van der Waals surface area contributed by atoms with Gasteiger partial charge in [0, 0.05) is 13.3 Å². The van der Waals surface area contributed by atoms with Crippen molar-refractivity contribution in [3.63, 3.8) is 0 Å². The second kappa shape index (κ2) is 4.70. The topological polar surface area (TPSA) is 96.2 Å². The highest BCUT2D eigenvalue weighted by molar-refractivity contribution is 5.66. The average Bonchev–Trinajstić information content (AvgIpc) is 2.11. The molecule has 6 nitrogen and oxygen atoms in total. The Labute approximate surface area is 81.1 Å². The Morgan fingerprint density at radius 3 is 2.71 bits per heavy atom. The van der Waals surface area contributed by atoms with E-state index in [4.69, 9.17) is 9.84 Å². The van der Waals surface area contributed by atoms with Crippen molar-refractivity contribution in [3.05, 3.63) is 0 Å². The number of hydrogen-bond acceptors (Lipinski definition) is 6. The smallest absolute Gasteiger partial charge is 0.305 e. The highest BCUT2D eigenvalue weighted by Gasteiger charge is 2.38. The van der Waals surface area contributed by atoms with Crippen molar-refractivity contribution >= 4 is 5.97 Å². The molecular formula is C8H14O6. The standard InChI is InChI=1S/C8H14O6/c1-4(10)13-8-7(12)6(11)2-5(3-9)14-8/h5-9,11-12H,2-3H2,1H3/t5-,6-,7+,8-/m0/s1. The van der Waals surface area contributed by atoms with Crippen molar-refractivity contribution < 1.29 is 29.6 Å². The number of carbonyl (C=O) groups excluding carboxylic acids is 1. The fraction of sp³-hybridized carbons (Fsp3) is 0.875. The van der Waals surface area contributed by atoms with Gasteiger partial charge in [-0.15, -0.1) is 0 Å². The van der Waals surface area contributed by atoms with Crippen LogP contribution < -0.4 is 0 Å². The summed E-state index contributed by atoms with van der Waals surface area (Å²) in [5.41, 5.74) is 0. The van der Waals surface area contributed by atoms with E-state index in [1.165, 1.54) is 6.92 Å². The van der Waals surface area contributed by atoms with Crippen LogP contribution in [0.5, 0.6) is 0 Å². The number of carbonyl (C=O) groups is 1. The summed E-state index contributed by atoms with van der Waals surface area (Å²) >= 11 is 0. The quantitative estimate of drug-likeness (QED) is 0.470.